The van der Waals surface area contributed by atoms with Crippen LogP contribution in [-0.2, 0) is 11.3 Å². The first-order valence-corrected chi connectivity index (χ1v) is 9.97. The zero-order valence-electron chi connectivity index (χ0n) is 15.5. The van der Waals surface area contributed by atoms with Gasteiger partial charge in [-0.15, -0.1) is 11.3 Å². The van der Waals surface area contributed by atoms with Crippen molar-refractivity contribution in [1.82, 2.24) is 5.32 Å². The molecule has 148 valence electrons. The lowest BCUT2D eigenvalue weighted by atomic mass is 10.1. The Labute approximate surface area is 176 Å². The number of benzene rings is 2. The van der Waals surface area contributed by atoms with Crippen LogP contribution < -0.4 is 16.0 Å². The molecule has 29 heavy (non-hydrogen) atoms. The Hall–Kier alpha value is -3.16. The molecule has 3 N–H and O–H groups in total. The van der Waals surface area contributed by atoms with Crippen LogP contribution in [0, 0.1) is 0 Å². The summed E-state index contributed by atoms with van der Waals surface area (Å²) >= 11 is 7.48. The van der Waals surface area contributed by atoms with Crippen LogP contribution in [0.1, 0.15) is 32.5 Å². The van der Waals surface area contributed by atoms with E-state index in [1.807, 2.05) is 17.5 Å². The SMILES string of the molecule is CC(=O)Nc1ccc(CNC(=O)c2ccc(Cl)c(NC(=O)c3cccs3)c2)cc1. The van der Waals surface area contributed by atoms with Crippen molar-refractivity contribution in [3.05, 3.63) is 81.0 Å². The first kappa shape index (κ1) is 20.6. The lowest BCUT2D eigenvalue weighted by Crippen LogP contribution is -2.23. The van der Waals surface area contributed by atoms with E-state index in [4.69, 9.17) is 11.6 Å². The summed E-state index contributed by atoms with van der Waals surface area (Å²) in [6, 6.07) is 15.4. The summed E-state index contributed by atoms with van der Waals surface area (Å²) in [7, 11) is 0. The molecule has 0 spiro atoms. The highest BCUT2D eigenvalue weighted by Crippen LogP contribution is 2.24. The van der Waals surface area contributed by atoms with E-state index in [0.717, 1.165) is 5.56 Å². The predicted molar refractivity (Wildman–Crippen MR) is 116 cm³/mol. The third-order valence-corrected chi connectivity index (χ3v) is 5.15. The molecular formula is C21H18ClN3O3S. The molecule has 1 aromatic heterocycles. The number of thiophene rings is 1. The van der Waals surface area contributed by atoms with E-state index in [0.29, 0.717) is 33.4 Å². The van der Waals surface area contributed by atoms with Crippen LogP contribution in [-0.4, -0.2) is 17.7 Å². The summed E-state index contributed by atoms with van der Waals surface area (Å²) in [4.78, 5) is 36.3. The molecule has 2 aromatic carbocycles. The number of halogens is 1. The second kappa shape index (κ2) is 9.36. The van der Waals surface area contributed by atoms with E-state index < -0.39 is 0 Å². The Bertz CT molecular complexity index is 1030. The van der Waals surface area contributed by atoms with Crippen molar-refractivity contribution in [2.24, 2.45) is 0 Å². The van der Waals surface area contributed by atoms with Crippen molar-refractivity contribution < 1.29 is 14.4 Å². The molecule has 0 bridgehead atoms. The monoisotopic (exact) mass is 427 g/mol. The van der Waals surface area contributed by atoms with Crippen molar-refractivity contribution in [3.63, 3.8) is 0 Å². The summed E-state index contributed by atoms with van der Waals surface area (Å²) in [6.45, 7) is 1.76. The molecule has 0 aliphatic rings. The minimum absolute atomic E-state index is 0.143. The summed E-state index contributed by atoms with van der Waals surface area (Å²) in [5.41, 5.74) is 2.33. The Kier molecular flexibility index (Phi) is 6.64. The molecule has 0 unspecified atom stereocenters. The molecule has 8 heteroatoms. The maximum absolute atomic E-state index is 12.5. The molecular weight excluding hydrogens is 410 g/mol. The van der Waals surface area contributed by atoms with E-state index in [9.17, 15) is 14.4 Å². The highest BCUT2D eigenvalue weighted by atomic mass is 35.5. The van der Waals surface area contributed by atoms with Crippen molar-refractivity contribution >= 4 is 52.0 Å². The molecule has 3 rings (SSSR count). The molecule has 0 saturated carbocycles. The lowest BCUT2D eigenvalue weighted by Gasteiger charge is -2.10. The van der Waals surface area contributed by atoms with Gasteiger partial charge < -0.3 is 16.0 Å². The number of anilines is 2. The van der Waals surface area contributed by atoms with E-state index in [-0.39, 0.29) is 17.7 Å². The van der Waals surface area contributed by atoms with Gasteiger partial charge in [0.15, 0.2) is 0 Å². The average Bonchev–Trinajstić information content (AvgIpc) is 3.23. The number of hydrogen-bond donors (Lipinski definition) is 3. The Morgan fingerprint density at radius 2 is 1.72 bits per heavy atom. The fourth-order valence-corrected chi connectivity index (χ4v) is 3.33. The first-order valence-electron chi connectivity index (χ1n) is 8.71. The van der Waals surface area contributed by atoms with Crippen molar-refractivity contribution in [2.45, 2.75) is 13.5 Å². The Morgan fingerprint density at radius 1 is 0.966 bits per heavy atom. The second-order valence-electron chi connectivity index (χ2n) is 6.19. The minimum atomic E-state index is -0.292. The normalized spacial score (nSPS) is 10.3. The Morgan fingerprint density at radius 3 is 2.38 bits per heavy atom. The molecule has 3 aromatic rings. The van der Waals surface area contributed by atoms with Gasteiger partial charge in [0, 0.05) is 24.7 Å². The van der Waals surface area contributed by atoms with Gasteiger partial charge >= 0.3 is 0 Å². The lowest BCUT2D eigenvalue weighted by molar-refractivity contribution is -0.114. The summed E-state index contributed by atoms with van der Waals surface area (Å²) < 4.78 is 0. The van der Waals surface area contributed by atoms with Gasteiger partial charge in [-0.1, -0.05) is 29.8 Å². The second-order valence-corrected chi connectivity index (χ2v) is 7.54. The molecule has 0 aliphatic carbocycles. The van der Waals surface area contributed by atoms with Gasteiger partial charge in [0.2, 0.25) is 5.91 Å². The summed E-state index contributed by atoms with van der Waals surface area (Å²) in [5, 5.41) is 10.4. The summed E-state index contributed by atoms with van der Waals surface area (Å²) in [5.74, 6) is -0.714. The van der Waals surface area contributed by atoms with Crippen LogP contribution in [0.5, 0.6) is 0 Å². The highest BCUT2D eigenvalue weighted by molar-refractivity contribution is 7.12. The topological polar surface area (TPSA) is 87.3 Å². The third-order valence-electron chi connectivity index (χ3n) is 3.95. The van der Waals surface area contributed by atoms with Gasteiger partial charge in [-0.3, -0.25) is 14.4 Å². The van der Waals surface area contributed by atoms with Crippen LogP contribution in [0.3, 0.4) is 0 Å². The van der Waals surface area contributed by atoms with Crippen LogP contribution in [0.15, 0.2) is 60.0 Å². The van der Waals surface area contributed by atoms with E-state index in [2.05, 4.69) is 16.0 Å². The van der Waals surface area contributed by atoms with Crippen LogP contribution >= 0.6 is 22.9 Å². The van der Waals surface area contributed by atoms with Gasteiger partial charge in [0.25, 0.3) is 11.8 Å². The van der Waals surface area contributed by atoms with E-state index >= 15 is 0 Å². The van der Waals surface area contributed by atoms with Gasteiger partial charge in [0.1, 0.15) is 0 Å². The Balaban J connectivity index is 1.63. The zero-order valence-corrected chi connectivity index (χ0v) is 17.1. The van der Waals surface area contributed by atoms with Crippen LogP contribution in [0.2, 0.25) is 5.02 Å². The number of carbonyl (C=O) groups is 3. The third kappa shape index (κ3) is 5.66. The maximum atomic E-state index is 12.5. The van der Waals surface area contributed by atoms with Crippen molar-refractivity contribution in [3.8, 4) is 0 Å². The largest absolute Gasteiger partial charge is 0.348 e. The highest BCUT2D eigenvalue weighted by Gasteiger charge is 2.13. The molecule has 6 nitrogen and oxygen atoms in total. The summed E-state index contributed by atoms with van der Waals surface area (Å²) in [6.07, 6.45) is 0. The average molecular weight is 428 g/mol. The maximum Gasteiger partial charge on any atom is 0.265 e. The standard InChI is InChI=1S/C21H18ClN3O3S/c1-13(26)24-16-7-4-14(5-8-16)12-23-20(27)15-6-9-17(22)18(11-15)25-21(28)19-3-2-10-29-19/h2-11H,12H2,1H3,(H,23,27)(H,24,26)(H,25,28). The molecule has 0 radical (unpaired) electrons. The fraction of sp³-hybridized carbons (Fsp3) is 0.0952. The molecule has 1 heterocycles. The van der Waals surface area contributed by atoms with Gasteiger partial charge in [-0.05, 0) is 47.3 Å². The van der Waals surface area contributed by atoms with Crippen LogP contribution in [0.25, 0.3) is 0 Å². The fourth-order valence-electron chi connectivity index (χ4n) is 2.55. The molecule has 0 saturated heterocycles. The van der Waals surface area contributed by atoms with Gasteiger partial charge in [0.05, 0.1) is 15.6 Å². The smallest absolute Gasteiger partial charge is 0.265 e. The van der Waals surface area contributed by atoms with Gasteiger partial charge in [-0.2, -0.15) is 0 Å². The molecule has 3 amide bonds. The molecule has 0 fully saturated rings. The van der Waals surface area contributed by atoms with E-state index in [1.54, 1.807) is 42.5 Å². The van der Waals surface area contributed by atoms with Crippen molar-refractivity contribution in [1.29, 1.82) is 0 Å². The number of carbonyl (C=O) groups excluding carboxylic acids is 3. The van der Waals surface area contributed by atoms with E-state index in [1.165, 1.54) is 18.3 Å². The van der Waals surface area contributed by atoms with Gasteiger partial charge in [-0.25, -0.2) is 0 Å². The number of hydrogen-bond acceptors (Lipinski definition) is 4. The van der Waals surface area contributed by atoms with Crippen molar-refractivity contribution in [2.75, 3.05) is 10.6 Å². The number of amides is 3. The zero-order chi connectivity index (χ0) is 20.8. The molecule has 0 atom stereocenters. The molecule has 0 aliphatic heterocycles. The number of nitrogens with one attached hydrogen (secondary N) is 3. The number of rotatable bonds is 6. The van der Waals surface area contributed by atoms with Crippen LogP contribution in [0.4, 0.5) is 11.4 Å². The first-order chi connectivity index (χ1) is 13.9. The predicted octanol–water partition coefficient (Wildman–Crippen LogP) is 4.54. The minimum Gasteiger partial charge on any atom is -0.348 e. The quantitative estimate of drug-likeness (QED) is 0.539.